The lowest BCUT2D eigenvalue weighted by molar-refractivity contribution is 0.347. The Morgan fingerprint density at radius 2 is 0.895 bits per heavy atom. The molecule has 0 heterocycles. The van der Waals surface area contributed by atoms with Crippen LogP contribution in [-0.4, -0.2) is 7.11 Å². The molecule has 0 aliphatic heterocycles. The first-order chi connectivity index (χ1) is 8.82. The fourth-order valence-corrected chi connectivity index (χ4v) is 1.64. The number of rotatable bonds is 1. The fourth-order valence-electron chi connectivity index (χ4n) is 1.64. The van der Waals surface area contributed by atoms with Gasteiger partial charge in [0.25, 0.3) is 0 Å². The molecule has 0 aliphatic carbocycles. The number of hydrogen-bond donors (Lipinski definition) is 0. The van der Waals surface area contributed by atoms with Gasteiger partial charge in [0.1, 0.15) is 0 Å². The van der Waals surface area contributed by atoms with E-state index in [1.165, 1.54) is 0 Å². The first kappa shape index (κ1) is 13.4. The van der Waals surface area contributed by atoms with Gasteiger partial charge in [0.15, 0.2) is 40.7 Å². The Morgan fingerprint density at radius 3 is 1.32 bits per heavy atom. The van der Waals surface area contributed by atoms with Crippen molar-refractivity contribution in [1.82, 2.24) is 0 Å². The average Bonchev–Trinajstić information content (AvgIpc) is 2.38. The summed E-state index contributed by atoms with van der Waals surface area (Å²) < 4.78 is 97.1. The first-order valence-corrected chi connectivity index (χ1v) is 4.69. The number of halogens is 7. The highest BCUT2D eigenvalue weighted by atomic mass is 19.2. The van der Waals surface area contributed by atoms with Gasteiger partial charge in [-0.2, -0.15) is 4.39 Å². The number of hydrogen-bond acceptors (Lipinski definition) is 1. The van der Waals surface area contributed by atoms with E-state index in [-0.39, 0.29) is 0 Å². The van der Waals surface area contributed by atoms with Crippen molar-refractivity contribution >= 4 is 10.8 Å². The highest BCUT2D eigenvalue weighted by Gasteiger charge is 2.30. The summed E-state index contributed by atoms with van der Waals surface area (Å²) in [7, 11) is 0.737. The molecule has 2 rings (SSSR count). The van der Waals surface area contributed by atoms with Gasteiger partial charge < -0.3 is 4.74 Å². The summed E-state index contributed by atoms with van der Waals surface area (Å²) >= 11 is 0. The summed E-state index contributed by atoms with van der Waals surface area (Å²) in [5.74, 6) is -16.4. The summed E-state index contributed by atoms with van der Waals surface area (Å²) in [5, 5.41) is -3.22. The van der Waals surface area contributed by atoms with Crippen molar-refractivity contribution in [2.24, 2.45) is 0 Å². The SMILES string of the molecule is COc1c(F)c(F)c2c(F)c(F)c(F)c(F)c2c1F. The molecule has 0 aliphatic rings. The van der Waals surface area contributed by atoms with E-state index < -0.39 is 57.2 Å². The van der Waals surface area contributed by atoms with E-state index in [4.69, 9.17) is 0 Å². The van der Waals surface area contributed by atoms with Crippen LogP contribution in [0.1, 0.15) is 0 Å². The minimum atomic E-state index is -2.37. The van der Waals surface area contributed by atoms with Crippen LogP contribution in [0.25, 0.3) is 10.8 Å². The van der Waals surface area contributed by atoms with Gasteiger partial charge in [0.2, 0.25) is 5.82 Å². The summed E-state index contributed by atoms with van der Waals surface area (Å²) in [5.41, 5.74) is 0. The van der Waals surface area contributed by atoms with Crippen molar-refractivity contribution in [2.75, 3.05) is 7.11 Å². The van der Waals surface area contributed by atoms with Crippen molar-refractivity contribution in [3.8, 4) is 5.75 Å². The van der Waals surface area contributed by atoms with Crippen LogP contribution in [0.5, 0.6) is 5.75 Å². The van der Waals surface area contributed by atoms with Crippen molar-refractivity contribution in [3.63, 3.8) is 0 Å². The smallest absolute Gasteiger partial charge is 0.204 e. The molecular weight excluding hydrogens is 281 g/mol. The van der Waals surface area contributed by atoms with Gasteiger partial charge in [0, 0.05) is 0 Å². The second-order valence-electron chi connectivity index (χ2n) is 3.48. The number of fused-ring (bicyclic) bond motifs is 1. The first-order valence-electron chi connectivity index (χ1n) is 4.69. The van der Waals surface area contributed by atoms with Crippen molar-refractivity contribution in [1.29, 1.82) is 0 Å². The van der Waals surface area contributed by atoms with E-state index in [2.05, 4.69) is 4.74 Å². The van der Waals surface area contributed by atoms with Gasteiger partial charge in [-0.3, -0.25) is 0 Å². The molecule has 1 nitrogen and oxygen atoms in total. The molecule has 0 amide bonds. The van der Waals surface area contributed by atoms with Gasteiger partial charge in [-0.05, 0) is 0 Å². The second-order valence-corrected chi connectivity index (χ2v) is 3.48. The van der Waals surface area contributed by atoms with E-state index in [0.717, 1.165) is 7.11 Å². The van der Waals surface area contributed by atoms with Crippen LogP contribution in [0.2, 0.25) is 0 Å². The molecule has 0 atom stereocenters. The molecule has 2 aromatic rings. The van der Waals surface area contributed by atoms with Gasteiger partial charge in [-0.25, -0.2) is 26.3 Å². The Labute approximate surface area is 101 Å². The van der Waals surface area contributed by atoms with Crippen LogP contribution in [0.15, 0.2) is 0 Å². The van der Waals surface area contributed by atoms with Crippen molar-refractivity contribution in [2.45, 2.75) is 0 Å². The van der Waals surface area contributed by atoms with Crippen LogP contribution in [0, 0.1) is 40.7 Å². The molecule has 0 N–H and O–H groups in total. The molecule has 19 heavy (non-hydrogen) atoms. The third kappa shape index (κ3) is 1.62. The molecule has 102 valence electrons. The zero-order valence-corrected chi connectivity index (χ0v) is 9.05. The molecule has 0 aromatic heterocycles. The van der Waals surface area contributed by atoms with Crippen LogP contribution in [0.4, 0.5) is 30.7 Å². The lowest BCUT2D eigenvalue weighted by Crippen LogP contribution is -2.06. The van der Waals surface area contributed by atoms with Crippen molar-refractivity contribution in [3.05, 3.63) is 40.7 Å². The zero-order valence-electron chi connectivity index (χ0n) is 9.05. The molecule has 0 saturated carbocycles. The van der Waals surface area contributed by atoms with Crippen LogP contribution >= 0.6 is 0 Å². The highest BCUT2D eigenvalue weighted by Crippen LogP contribution is 2.37. The third-order valence-electron chi connectivity index (χ3n) is 2.50. The standard InChI is InChI=1S/C11H3F7O/c1-19-11-7(15)3-2(6(14)10(11)18)4(12)8(16)9(17)5(3)13/h1H3. The second kappa shape index (κ2) is 4.29. The molecule has 0 saturated heterocycles. The fraction of sp³-hybridized carbons (Fsp3) is 0.0909. The molecule has 0 spiro atoms. The quantitative estimate of drug-likeness (QED) is 0.439. The van der Waals surface area contributed by atoms with Gasteiger partial charge >= 0.3 is 0 Å². The summed E-state index contributed by atoms with van der Waals surface area (Å²) in [6.07, 6.45) is 0. The lowest BCUT2D eigenvalue weighted by Gasteiger charge is -2.11. The van der Waals surface area contributed by atoms with Crippen molar-refractivity contribution < 1.29 is 35.5 Å². The van der Waals surface area contributed by atoms with E-state index in [1.807, 2.05) is 0 Å². The molecule has 8 heteroatoms. The Morgan fingerprint density at radius 1 is 0.526 bits per heavy atom. The summed E-state index contributed by atoms with van der Waals surface area (Å²) in [4.78, 5) is 0. The number of benzene rings is 2. The van der Waals surface area contributed by atoms with E-state index in [1.54, 1.807) is 0 Å². The summed E-state index contributed by atoms with van der Waals surface area (Å²) in [6, 6.07) is 0. The zero-order chi connectivity index (χ0) is 14.5. The molecule has 2 aromatic carbocycles. The maximum Gasteiger partial charge on any atom is 0.204 e. The Hall–Kier alpha value is -1.99. The average molecular weight is 284 g/mol. The van der Waals surface area contributed by atoms with E-state index in [0.29, 0.717) is 0 Å². The lowest BCUT2D eigenvalue weighted by atomic mass is 10.1. The topological polar surface area (TPSA) is 9.23 Å². The van der Waals surface area contributed by atoms with Crippen LogP contribution < -0.4 is 4.74 Å². The maximum absolute atomic E-state index is 13.6. The summed E-state index contributed by atoms with van der Waals surface area (Å²) in [6.45, 7) is 0. The van der Waals surface area contributed by atoms with Crippen LogP contribution in [0.3, 0.4) is 0 Å². The predicted molar refractivity (Wildman–Crippen MR) is 50.2 cm³/mol. The number of methoxy groups -OCH3 is 1. The third-order valence-corrected chi connectivity index (χ3v) is 2.50. The van der Waals surface area contributed by atoms with Crippen LogP contribution in [-0.2, 0) is 0 Å². The Kier molecular flexibility index (Phi) is 3.03. The maximum atomic E-state index is 13.6. The van der Waals surface area contributed by atoms with E-state index >= 15 is 0 Å². The predicted octanol–water partition coefficient (Wildman–Crippen LogP) is 3.82. The minimum Gasteiger partial charge on any atom is -0.491 e. The monoisotopic (exact) mass is 284 g/mol. The number of ether oxygens (including phenoxy) is 1. The minimum absolute atomic E-state index is 0.737. The molecular formula is C11H3F7O. The molecule has 0 bridgehead atoms. The molecule has 0 unspecified atom stereocenters. The Balaban J connectivity index is 3.18. The Bertz CT molecular complexity index is 696. The van der Waals surface area contributed by atoms with Gasteiger partial charge in [-0.1, -0.05) is 0 Å². The van der Waals surface area contributed by atoms with E-state index in [9.17, 15) is 30.7 Å². The highest BCUT2D eigenvalue weighted by molar-refractivity contribution is 5.87. The largest absolute Gasteiger partial charge is 0.491 e. The molecule has 0 fully saturated rings. The molecule has 0 radical (unpaired) electrons. The normalized spacial score (nSPS) is 11.2. The van der Waals surface area contributed by atoms with Gasteiger partial charge in [-0.15, -0.1) is 0 Å². The van der Waals surface area contributed by atoms with Gasteiger partial charge in [0.05, 0.1) is 17.9 Å².